The number of anilines is 2. The lowest BCUT2D eigenvalue weighted by Gasteiger charge is -2.19. The van der Waals surface area contributed by atoms with Gasteiger partial charge < -0.3 is 5.32 Å². The first-order valence-electron chi connectivity index (χ1n) is 6.04. The summed E-state index contributed by atoms with van der Waals surface area (Å²) in [6.45, 7) is 6.27. The second kappa shape index (κ2) is 4.96. The lowest BCUT2D eigenvalue weighted by Crippen LogP contribution is -2.11. The molecule has 0 bridgehead atoms. The molecule has 0 aliphatic rings. The minimum Gasteiger partial charge on any atom is -0.354 e. The Morgan fingerprint density at radius 2 is 1.68 bits per heavy atom. The number of aromatic nitrogens is 1. The van der Waals surface area contributed by atoms with Crippen LogP contribution in [0.5, 0.6) is 0 Å². The van der Waals surface area contributed by atoms with Gasteiger partial charge in [0, 0.05) is 18.0 Å². The maximum absolute atomic E-state index is 13.1. The Balaban J connectivity index is 2.26. The van der Waals surface area contributed by atoms with E-state index in [0.717, 1.165) is 23.4 Å². The van der Waals surface area contributed by atoms with E-state index in [2.05, 4.69) is 31.1 Å². The molecule has 0 spiro atoms. The molecule has 0 saturated carbocycles. The molecule has 2 aromatic rings. The fraction of sp³-hybridized carbons (Fsp3) is 0.267. The van der Waals surface area contributed by atoms with Gasteiger partial charge in [0.1, 0.15) is 0 Å². The normalized spacial score (nSPS) is 11.4. The fourth-order valence-corrected chi connectivity index (χ4v) is 1.66. The van der Waals surface area contributed by atoms with Crippen LogP contribution in [0.3, 0.4) is 0 Å². The van der Waals surface area contributed by atoms with Gasteiger partial charge in [-0.1, -0.05) is 20.8 Å². The third-order valence-electron chi connectivity index (χ3n) is 2.81. The Hall–Kier alpha value is -1.97. The van der Waals surface area contributed by atoms with E-state index in [1.54, 1.807) is 12.4 Å². The molecule has 0 amide bonds. The average Bonchev–Trinajstić information content (AvgIpc) is 2.33. The van der Waals surface area contributed by atoms with Crippen LogP contribution in [-0.2, 0) is 5.41 Å². The zero-order chi connectivity index (χ0) is 14.0. The Bertz CT molecular complexity index is 589. The Kier molecular flexibility index (Phi) is 3.51. The SMILES string of the molecule is CC(C)(C)c1cncc(Nc2ccc(F)c(F)c2)c1. The highest BCUT2D eigenvalue weighted by molar-refractivity contribution is 5.59. The van der Waals surface area contributed by atoms with E-state index in [4.69, 9.17) is 0 Å². The van der Waals surface area contributed by atoms with Crippen molar-refractivity contribution in [1.29, 1.82) is 0 Å². The van der Waals surface area contributed by atoms with Crippen LogP contribution in [-0.4, -0.2) is 4.98 Å². The average molecular weight is 262 g/mol. The van der Waals surface area contributed by atoms with Crippen LogP contribution in [0.15, 0.2) is 36.7 Å². The molecule has 0 unspecified atom stereocenters. The monoisotopic (exact) mass is 262 g/mol. The molecular formula is C15H16F2N2. The van der Waals surface area contributed by atoms with Crippen molar-refractivity contribution in [1.82, 2.24) is 4.98 Å². The number of nitrogens with one attached hydrogen (secondary N) is 1. The van der Waals surface area contributed by atoms with E-state index >= 15 is 0 Å². The van der Waals surface area contributed by atoms with Gasteiger partial charge >= 0.3 is 0 Å². The van der Waals surface area contributed by atoms with E-state index in [1.807, 2.05) is 6.07 Å². The summed E-state index contributed by atoms with van der Waals surface area (Å²) in [5.74, 6) is -1.72. The Morgan fingerprint density at radius 1 is 0.947 bits per heavy atom. The number of hydrogen-bond donors (Lipinski definition) is 1. The van der Waals surface area contributed by atoms with Gasteiger partial charge in [0.25, 0.3) is 0 Å². The molecule has 1 aromatic heterocycles. The first-order chi connectivity index (χ1) is 8.86. The Morgan fingerprint density at radius 3 is 2.32 bits per heavy atom. The standard InChI is InChI=1S/C15H16F2N2/c1-15(2,3)10-6-12(9-18-8-10)19-11-4-5-13(16)14(17)7-11/h4-9,19H,1-3H3. The fourth-order valence-electron chi connectivity index (χ4n) is 1.66. The van der Waals surface area contributed by atoms with Crippen LogP contribution >= 0.6 is 0 Å². The minimum absolute atomic E-state index is 0.0151. The van der Waals surface area contributed by atoms with E-state index in [0.29, 0.717) is 5.69 Å². The highest BCUT2D eigenvalue weighted by Crippen LogP contribution is 2.25. The van der Waals surface area contributed by atoms with Gasteiger partial charge in [-0.15, -0.1) is 0 Å². The molecule has 0 fully saturated rings. The van der Waals surface area contributed by atoms with Gasteiger partial charge in [-0.2, -0.15) is 0 Å². The topological polar surface area (TPSA) is 24.9 Å². The number of benzene rings is 1. The number of hydrogen-bond acceptors (Lipinski definition) is 2. The third kappa shape index (κ3) is 3.28. The van der Waals surface area contributed by atoms with Gasteiger partial charge in [-0.3, -0.25) is 4.98 Å². The van der Waals surface area contributed by atoms with Crippen molar-refractivity contribution < 1.29 is 8.78 Å². The first kappa shape index (κ1) is 13.5. The molecule has 0 aliphatic carbocycles. The van der Waals surface area contributed by atoms with E-state index in [1.165, 1.54) is 6.07 Å². The van der Waals surface area contributed by atoms with Crippen molar-refractivity contribution in [2.45, 2.75) is 26.2 Å². The number of halogens is 2. The van der Waals surface area contributed by atoms with Gasteiger partial charge in [0.05, 0.1) is 11.9 Å². The molecule has 100 valence electrons. The molecule has 1 N–H and O–H groups in total. The molecule has 4 heteroatoms. The number of rotatable bonds is 2. The van der Waals surface area contributed by atoms with Crippen molar-refractivity contribution in [2.24, 2.45) is 0 Å². The maximum Gasteiger partial charge on any atom is 0.160 e. The largest absolute Gasteiger partial charge is 0.354 e. The molecule has 0 atom stereocenters. The third-order valence-corrected chi connectivity index (χ3v) is 2.81. The molecule has 0 aliphatic heterocycles. The predicted octanol–water partition coefficient (Wildman–Crippen LogP) is 4.40. The van der Waals surface area contributed by atoms with E-state index in [-0.39, 0.29) is 5.41 Å². The van der Waals surface area contributed by atoms with Crippen LogP contribution in [0.4, 0.5) is 20.2 Å². The van der Waals surface area contributed by atoms with Gasteiger partial charge in [-0.05, 0) is 29.2 Å². The zero-order valence-electron chi connectivity index (χ0n) is 11.2. The van der Waals surface area contributed by atoms with Crippen molar-refractivity contribution in [3.63, 3.8) is 0 Å². The lowest BCUT2D eigenvalue weighted by atomic mass is 9.88. The molecule has 2 nitrogen and oxygen atoms in total. The summed E-state index contributed by atoms with van der Waals surface area (Å²) in [6, 6.07) is 5.66. The summed E-state index contributed by atoms with van der Waals surface area (Å²) in [4.78, 5) is 4.16. The second-order valence-corrected chi connectivity index (χ2v) is 5.47. The van der Waals surface area contributed by atoms with Gasteiger partial charge in [0.2, 0.25) is 0 Å². The van der Waals surface area contributed by atoms with Crippen molar-refractivity contribution >= 4 is 11.4 Å². The van der Waals surface area contributed by atoms with Crippen molar-refractivity contribution in [2.75, 3.05) is 5.32 Å². The minimum atomic E-state index is -0.870. The van der Waals surface area contributed by atoms with Crippen LogP contribution in [0, 0.1) is 11.6 Å². The van der Waals surface area contributed by atoms with Crippen LogP contribution < -0.4 is 5.32 Å². The summed E-state index contributed by atoms with van der Waals surface area (Å²) in [5.41, 5.74) is 2.30. The van der Waals surface area contributed by atoms with Crippen molar-refractivity contribution in [3.8, 4) is 0 Å². The molecule has 1 aromatic carbocycles. The summed E-state index contributed by atoms with van der Waals surface area (Å²) in [5, 5.41) is 3.02. The number of nitrogens with zero attached hydrogens (tertiary/aromatic N) is 1. The molecule has 0 radical (unpaired) electrons. The van der Waals surface area contributed by atoms with Crippen LogP contribution in [0.1, 0.15) is 26.3 Å². The summed E-state index contributed by atoms with van der Waals surface area (Å²) in [6.07, 6.45) is 3.45. The molecule has 0 saturated heterocycles. The Labute approximate surface area is 111 Å². The first-order valence-corrected chi connectivity index (χ1v) is 6.04. The number of pyridine rings is 1. The van der Waals surface area contributed by atoms with E-state index in [9.17, 15) is 8.78 Å². The van der Waals surface area contributed by atoms with Crippen LogP contribution in [0.2, 0.25) is 0 Å². The molecule has 19 heavy (non-hydrogen) atoms. The van der Waals surface area contributed by atoms with E-state index < -0.39 is 11.6 Å². The predicted molar refractivity (Wildman–Crippen MR) is 72.6 cm³/mol. The zero-order valence-corrected chi connectivity index (χ0v) is 11.2. The highest BCUT2D eigenvalue weighted by atomic mass is 19.2. The quantitative estimate of drug-likeness (QED) is 0.867. The van der Waals surface area contributed by atoms with Crippen molar-refractivity contribution in [3.05, 3.63) is 53.9 Å². The lowest BCUT2D eigenvalue weighted by molar-refractivity contribution is 0.509. The maximum atomic E-state index is 13.1. The molecule has 2 rings (SSSR count). The highest BCUT2D eigenvalue weighted by Gasteiger charge is 2.14. The van der Waals surface area contributed by atoms with Gasteiger partial charge in [-0.25, -0.2) is 8.78 Å². The smallest absolute Gasteiger partial charge is 0.160 e. The molecular weight excluding hydrogens is 246 g/mol. The van der Waals surface area contributed by atoms with Gasteiger partial charge in [0.15, 0.2) is 11.6 Å². The summed E-state index contributed by atoms with van der Waals surface area (Å²) >= 11 is 0. The molecule has 1 heterocycles. The summed E-state index contributed by atoms with van der Waals surface area (Å²) < 4.78 is 26.0. The summed E-state index contributed by atoms with van der Waals surface area (Å²) in [7, 11) is 0. The van der Waals surface area contributed by atoms with Crippen LogP contribution in [0.25, 0.3) is 0 Å². The second-order valence-electron chi connectivity index (χ2n) is 5.47.